The molecule has 0 spiro atoms. The van der Waals surface area contributed by atoms with Gasteiger partial charge in [0.15, 0.2) is 6.61 Å². The molecule has 1 aromatic carbocycles. The minimum Gasteiger partial charge on any atom is -0.468 e. The first-order valence-corrected chi connectivity index (χ1v) is 7.83. The number of hydrogen-bond donors (Lipinski definition) is 2. The predicted octanol–water partition coefficient (Wildman–Crippen LogP) is 3.63. The van der Waals surface area contributed by atoms with Gasteiger partial charge >= 0.3 is 6.18 Å². The van der Waals surface area contributed by atoms with Crippen molar-refractivity contribution in [3.8, 4) is 5.88 Å². The number of Topliss-reactive ketones (excluding diaryl/α,β-unsaturated/α-hetero) is 1. The Kier molecular flexibility index (Phi) is 4.85. The Morgan fingerprint density at radius 1 is 1.19 bits per heavy atom. The normalized spacial score (nSPS) is 11.4. The number of anilines is 1. The van der Waals surface area contributed by atoms with Gasteiger partial charge in [0.2, 0.25) is 5.88 Å². The van der Waals surface area contributed by atoms with Crippen LogP contribution in [0.5, 0.6) is 5.88 Å². The first-order chi connectivity index (χ1) is 12.7. The number of hydrogen-bond acceptors (Lipinski definition) is 4. The molecule has 1 amide bonds. The molecule has 0 bridgehead atoms. The van der Waals surface area contributed by atoms with Gasteiger partial charge in [0.1, 0.15) is 0 Å². The number of alkyl halides is 3. The van der Waals surface area contributed by atoms with Crippen LogP contribution in [0, 0.1) is 6.92 Å². The first kappa shape index (κ1) is 18.4. The third-order valence-electron chi connectivity index (χ3n) is 3.70. The van der Waals surface area contributed by atoms with Gasteiger partial charge in [-0.15, -0.1) is 0 Å². The number of para-hydroxylation sites is 1. The van der Waals surface area contributed by atoms with Gasteiger partial charge < -0.3 is 15.0 Å². The van der Waals surface area contributed by atoms with E-state index < -0.39 is 24.5 Å². The standard InChI is InChI=1S/C18H14F3N3O3/c1-10-15(12-4-2-3-5-13(12)23-10)16(25)17(26)24-11-6-7-14(22-8-11)27-9-18(19,20)21/h2-8,23H,9H2,1H3,(H,24,26). The number of H-pyrrole nitrogens is 1. The van der Waals surface area contributed by atoms with Gasteiger partial charge in [-0.05, 0) is 19.1 Å². The molecule has 0 aliphatic heterocycles. The molecule has 140 valence electrons. The predicted molar refractivity (Wildman–Crippen MR) is 91.8 cm³/mol. The van der Waals surface area contributed by atoms with Crippen molar-refractivity contribution in [2.24, 2.45) is 0 Å². The van der Waals surface area contributed by atoms with Gasteiger partial charge in [-0.3, -0.25) is 9.59 Å². The van der Waals surface area contributed by atoms with E-state index in [0.29, 0.717) is 11.1 Å². The van der Waals surface area contributed by atoms with E-state index in [0.717, 1.165) is 11.7 Å². The number of benzene rings is 1. The van der Waals surface area contributed by atoms with Gasteiger partial charge in [0, 0.05) is 22.7 Å². The maximum Gasteiger partial charge on any atom is 0.422 e. The lowest BCUT2D eigenvalue weighted by Gasteiger charge is -2.09. The lowest BCUT2D eigenvalue weighted by Crippen LogP contribution is -2.23. The zero-order valence-electron chi connectivity index (χ0n) is 14.1. The Labute approximate surface area is 151 Å². The zero-order valence-corrected chi connectivity index (χ0v) is 14.1. The molecule has 2 N–H and O–H groups in total. The maximum atomic E-state index is 12.5. The second kappa shape index (κ2) is 7.10. The van der Waals surface area contributed by atoms with Crippen LogP contribution in [0.2, 0.25) is 0 Å². The summed E-state index contributed by atoms with van der Waals surface area (Å²) in [6.07, 6.45) is -3.36. The molecule has 3 aromatic rings. The molecule has 9 heteroatoms. The molecule has 0 aliphatic carbocycles. The molecule has 0 saturated carbocycles. The average molecular weight is 377 g/mol. The number of rotatable bonds is 5. The fourth-order valence-electron chi connectivity index (χ4n) is 2.57. The molecule has 0 saturated heterocycles. The summed E-state index contributed by atoms with van der Waals surface area (Å²) in [5.41, 5.74) is 1.72. The summed E-state index contributed by atoms with van der Waals surface area (Å²) in [5, 5.41) is 3.01. The van der Waals surface area contributed by atoms with Crippen molar-refractivity contribution in [3.63, 3.8) is 0 Å². The minimum atomic E-state index is -4.47. The Bertz CT molecular complexity index is 994. The van der Waals surface area contributed by atoms with Gasteiger partial charge in [-0.2, -0.15) is 13.2 Å². The molecular weight excluding hydrogens is 363 g/mol. The topological polar surface area (TPSA) is 84.1 Å². The number of carbonyl (C=O) groups excluding carboxylic acids is 2. The third-order valence-corrected chi connectivity index (χ3v) is 3.70. The number of aryl methyl sites for hydroxylation is 1. The molecule has 0 radical (unpaired) electrons. The summed E-state index contributed by atoms with van der Waals surface area (Å²) in [4.78, 5) is 31.5. The highest BCUT2D eigenvalue weighted by Gasteiger charge is 2.28. The zero-order chi connectivity index (χ0) is 19.6. The summed E-state index contributed by atoms with van der Waals surface area (Å²) in [6, 6.07) is 9.55. The molecule has 0 aliphatic rings. The van der Waals surface area contributed by atoms with Crippen LogP contribution in [0.3, 0.4) is 0 Å². The fourth-order valence-corrected chi connectivity index (χ4v) is 2.57. The van der Waals surface area contributed by atoms with Crippen LogP contribution in [-0.2, 0) is 4.79 Å². The lowest BCUT2D eigenvalue weighted by molar-refractivity contribution is -0.154. The second-order valence-electron chi connectivity index (χ2n) is 5.74. The van der Waals surface area contributed by atoms with Crippen LogP contribution in [0.15, 0.2) is 42.6 Å². The quantitative estimate of drug-likeness (QED) is 0.525. The van der Waals surface area contributed by atoms with E-state index in [9.17, 15) is 22.8 Å². The summed E-state index contributed by atoms with van der Waals surface area (Å²) in [6.45, 7) is 0.221. The first-order valence-electron chi connectivity index (χ1n) is 7.83. The number of pyridine rings is 1. The van der Waals surface area contributed by atoms with Crippen molar-refractivity contribution in [1.29, 1.82) is 0 Å². The molecular formula is C18H14F3N3O3. The van der Waals surface area contributed by atoms with Crippen LogP contribution in [0.25, 0.3) is 10.9 Å². The van der Waals surface area contributed by atoms with E-state index in [-0.39, 0.29) is 17.1 Å². The number of aromatic nitrogens is 2. The Morgan fingerprint density at radius 2 is 1.93 bits per heavy atom. The number of aromatic amines is 1. The Morgan fingerprint density at radius 3 is 2.59 bits per heavy atom. The average Bonchev–Trinajstić information content (AvgIpc) is 2.95. The number of carbonyl (C=O) groups is 2. The van der Waals surface area contributed by atoms with E-state index in [4.69, 9.17) is 0 Å². The number of amides is 1. The van der Waals surface area contributed by atoms with Gasteiger partial charge in [-0.1, -0.05) is 18.2 Å². The van der Waals surface area contributed by atoms with E-state index in [1.807, 2.05) is 0 Å². The van der Waals surface area contributed by atoms with Crippen molar-refractivity contribution in [2.75, 3.05) is 11.9 Å². The van der Waals surface area contributed by atoms with Gasteiger partial charge in [-0.25, -0.2) is 4.98 Å². The van der Waals surface area contributed by atoms with Crippen LogP contribution >= 0.6 is 0 Å². The van der Waals surface area contributed by atoms with Crippen molar-refractivity contribution < 1.29 is 27.5 Å². The highest BCUT2D eigenvalue weighted by molar-refractivity contribution is 6.48. The summed E-state index contributed by atoms with van der Waals surface area (Å²) >= 11 is 0. The highest BCUT2D eigenvalue weighted by atomic mass is 19.4. The van der Waals surface area contributed by atoms with Crippen molar-refractivity contribution in [1.82, 2.24) is 9.97 Å². The van der Waals surface area contributed by atoms with Gasteiger partial charge in [0.05, 0.1) is 17.4 Å². The van der Waals surface area contributed by atoms with Crippen molar-refractivity contribution >= 4 is 28.3 Å². The maximum absolute atomic E-state index is 12.5. The largest absolute Gasteiger partial charge is 0.468 e. The number of ketones is 1. The lowest BCUT2D eigenvalue weighted by atomic mass is 10.1. The SMILES string of the molecule is Cc1[nH]c2ccccc2c1C(=O)C(=O)Nc1ccc(OCC(F)(F)F)nc1. The van der Waals surface area contributed by atoms with E-state index in [1.165, 1.54) is 12.1 Å². The number of halogens is 3. The highest BCUT2D eigenvalue weighted by Crippen LogP contribution is 2.23. The molecule has 0 atom stereocenters. The molecule has 2 heterocycles. The summed E-state index contributed by atoms with van der Waals surface area (Å²) in [7, 11) is 0. The number of fused-ring (bicyclic) bond motifs is 1. The van der Waals surface area contributed by atoms with Crippen molar-refractivity contribution in [3.05, 3.63) is 53.9 Å². The smallest absolute Gasteiger partial charge is 0.422 e. The third kappa shape index (κ3) is 4.25. The molecule has 2 aromatic heterocycles. The number of nitrogens with one attached hydrogen (secondary N) is 2. The van der Waals surface area contributed by atoms with E-state index in [1.54, 1.807) is 31.2 Å². The number of ether oxygens (including phenoxy) is 1. The molecule has 27 heavy (non-hydrogen) atoms. The minimum absolute atomic E-state index is 0.158. The van der Waals surface area contributed by atoms with Crippen LogP contribution in [0.1, 0.15) is 16.1 Å². The number of nitrogens with zero attached hydrogens (tertiary/aromatic N) is 1. The molecule has 6 nitrogen and oxygen atoms in total. The molecule has 0 unspecified atom stereocenters. The Balaban J connectivity index is 1.71. The van der Waals surface area contributed by atoms with Crippen LogP contribution < -0.4 is 10.1 Å². The van der Waals surface area contributed by atoms with Gasteiger partial charge in [0.25, 0.3) is 11.7 Å². The Hall–Kier alpha value is -3.36. The summed E-state index contributed by atoms with van der Waals surface area (Å²) < 4.78 is 40.8. The van der Waals surface area contributed by atoms with Crippen LogP contribution in [-0.4, -0.2) is 34.4 Å². The van der Waals surface area contributed by atoms with E-state index in [2.05, 4.69) is 20.0 Å². The second-order valence-corrected chi connectivity index (χ2v) is 5.74. The fraction of sp³-hybridized carbons (Fsp3) is 0.167. The van der Waals surface area contributed by atoms with Crippen LogP contribution in [0.4, 0.5) is 18.9 Å². The molecule has 3 rings (SSSR count). The summed E-state index contributed by atoms with van der Waals surface area (Å²) in [5.74, 6) is -1.86. The van der Waals surface area contributed by atoms with Crippen molar-refractivity contribution in [2.45, 2.75) is 13.1 Å². The van der Waals surface area contributed by atoms with E-state index >= 15 is 0 Å². The monoisotopic (exact) mass is 377 g/mol. The molecule has 0 fully saturated rings.